The quantitative estimate of drug-likeness (QED) is 0.770. The first-order valence-electron chi connectivity index (χ1n) is 8.00. The highest BCUT2D eigenvalue weighted by Crippen LogP contribution is 2.22. The van der Waals surface area contributed by atoms with Crippen molar-refractivity contribution >= 4 is 35.1 Å². The van der Waals surface area contributed by atoms with Gasteiger partial charge in [0, 0.05) is 24.5 Å². The first-order chi connectivity index (χ1) is 10.6. The third kappa shape index (κ3) is 5.48. The van der Waals surface area contributed by atoms with Crippen molar-refractivity contribution < 1.29 is 0 Å². The minimum Gasteiger partial charge on any atom is -0.384 e. The number of pyridine rings is 1. The van der Waals surface area contributed by atoms with Crippen molar-refractivity contribution in [3.05, 3.63) is 18.5 Å². The van der Waals surface area contributed by atoms with E-state index in [0.717, 1.165) is 37.3 Å². The first kappa shape index (κ1) is 19.4. The van der Waals surface area contributed by atoms with E-state index in [1.807, 2.05) is 6.07 Å². The van der Waals surface area contributed by atoms with E-state index in [1.54, 1.807) is 12.4 Å². The molecule has 0 spiro atoms. The molecule has 0 fully saturated rings. The molecule has 0 aliphatic heterocycles. The highest BCUT2D eigenvalue weighted by Gasteiger charge is 2.10. The lowest BCUT2D eigenvalue weighted by atomic mass is 10.1. The van der Waals surface area contributed by atoms with Crippen LogP contribution in [0.3, 0.4) is 0 Å². The van der Waals surface area contributed by atoms with Gasteiger partial charge in [0.25, 0.3) is 0 Å². The van der Waals surface area contributed by atoms with E-state index in [-0.39, 0.29) is 12.4 Å². The molecular weight excluding hydrogens is 312 g/mol. The average Bonchev–Trinajstić information content (AvgIpc) is 2.51. The molecule has 2 aromatic heterocycles. The maximum absolute atomic E-state index is 5.85. The summed E-state index contributed by atoms with van der Waals surface area (Å²) in [6.45, 7) is 9.95. The number of hydrogen-bond donors (Lipinski definition) is 2. The molecule has 2 aromatic rings. The second-order valence-electron chi connectivity index (χ2n) is 5.54. The maximum atomic E-state index is 5.85. The van der Waals surface area contributed by atoms with Crippen molar-refractivity contribution in [3.63, 3.8) is 0 Å². The highest BCUT2D eigenvalue weighted by molar-refractivity contribution is 5.86. The van der Waals surface area contributed by atoms with Crippen LogP contribution in [0.2, 0.25) is 0 Å². The van der Waals surface area contributed by atoms with Crippen molar-refractivity contribution in [1.29, 1.82) is 0 Å². The summed E-state index contributed by atoms with van der Waals surface area (Å²) in [5.41, 5.74) is 8.11. The predicted octanol–water partition coefficient (Wildman–Crippen LogP) is 2.95. The summed E-state index contributed by atoms with van der Waals surface area (Å²) in [7, 11) is 0. The summed E-state index contributed by atoms with van der Waals surface area (Å²) in [6, 6.07) is 2.18. The Morgan fingerprint density at radius 2 is 1.91 bits per heavy atom. The third-order valence-electron chi connectivity index (χ3n) is 3.87. The van der Waals surface area contributed by atoms with Gasteiger partial charge in [-0.3, -0.25) is 0 Å². The number of nitrogen functional groups attached to an aromatic ring is 1. The zero-order valence-electron chi connectivity index (χ0n) is 14.1. The van der Waals surface area contributed by atoms with Gasteiger partial charge in [0.05, 0.1) is 5.69 Å². The van der Waals surface area contributed by atoms with Crippen LogP contribution in [0, 0.1) is 0 Å². The van der Waals surface area contributed by atoms with Crippen LogP contribution < -0.4 is 11.1 Å². The van der Waals surface area contributed by atoms with Gasteiger partial charge in [-0.05, 0) is 39.4 Å². The Bertz CT molecular complexity index is 602. The van der Waals surface area contributed by atoms with Crippen LogP contribution in [-0.2, 0) is 0 Å². The van der Waals surface area contributed by atoms with E-state index in [1.165, 1.54) is 6.42 Å². The molecule has 2 heterocycles. The fourth-order valence-corrected chi connectivity index (χ4v) is 2.58. The zero-order valence-corrected chi connectivity index (χ0v) is 14.9. The van der Waals surface area contributed by atoms with Gasteiger partial charge in [0.15, 0.2) is 5.65 Å². The third-order valence-corrected chi connectivity index (χ3v) is 3.87. The van der Waals surface area contributed by atoms with Crippen molar-refractivity contribution in [2.45, 2.75) is 39.7 Å². The van der Waals surface area contributed by atoms with E-state index >= 15 is 0 Å². The molecular formula is C16H27ClN6. The van der Waals surface area contributed by atoms with Gasteiger partial charge in [0.1, 0.15) is 11.3 Å². The second-order valence-corrected chi connectivity index (χ2v) is 5.54. The number of aromatic nitrogens is 3. The van der Waals surface area contributed by atoms with Crippen molar-refractivity contribution in [2.24, 2.45) is 0 Å². The Labute approximate surface area is 144 Å². The molecule has 0 saturated carbocycles. The lowest BCUT2D eigenvalue weighted by Gasteiger charge is -2.20. The van der Waals surface area contributed by atoms with Crippen LogP contribution in [-0.4, -0.2) is 45.5 Å². The Hall–Kier alpha value is -1.66. The van der Waals surface area contributed by atoms with Gasteiger partial charge in [-0.25, -0.2) is 15.0 Å². The van der Waals surface area contributed by atoms with Crippen LogP contribution >= 0.6 is 12.4 Å². The number of nitrogens with two attached hydrogens (primary N) is 1. The summed E-state index contributed by atoms with van der Waals surface area (Å²) < 4.78 is 0. The molecule has 3 N–H and O–H groups in total. The van der Waals surface area contributed by atoms with E-state index in [9.17, 15) is 0 Å². The van der Waals surface area contributed by atoms with Gasteiger partial charge < -0.3 is 16.0 Å². The molecule has 6 nitrogen and oxygen atoms in total. The minimum atomic E-state index is 0. The topological polar surface area (TPSA) is 80.0 Å². The second kappa shape index (κ2) is 9.47. The largest absolute Gasteiger partial charge is 0.384 e. The number of nitrogens with one attached hydrogen (secondary N) is 1. The number of halogens is 1. The van der Waals surface area contributed by atoms with Gasteiger partial charge >= 0.3 is 0 Å². The van der Waals surface area contributed by atoms with E-state index < -0.39 is 0 Å². The molecule has 1 atom stereocenters. The van der Waals surface area contributed by atoms with Crippen LogP contribution in [0.15, 0.2) is 18.5 Å². The maximum Gasteiger partial charge on any atom is 0.182 e. The van der Waals surface area contributed by atoms with Crippen molar-refractivity contribution in [2.75, 3.05) is 30.7 Å². The first-order valence-corrected chi connectivity index (χ1v) is 8.00. The summed E-state index contributed by atoms with van der Waals surface area (Å²) in [5.74, 6) is 0.464. The average molecular weight is 339 g/mol. The molecule has 1 unspecified atom stereocenters. The molecule has 2 rings (SSSR count). The normalized spacial score (nSPS) is 12.2. The Morgan fingerprint density at radius 1 is 1.22 bits per heavy atom. The van der Waals surface area contributed by atoms with Gasteiger partial charge in [-0.1, -0.05) is 13.8 Å². The summed E-state index contributed by atoms with van der Waals surface area (Å²) in [5, 5.41) is 3.49. The lowest BCUT2D eigenvalue weighted by molar-refractivity contribution is 0.295. The number of nitrogens with zero attached hydrogens (tertiary/aromatic N) is 4. The van der Waals surface area contributed by atoms with Crippen LogP contribution in [0.25, 0.3) is 11.2 Å². The zero-order chi connectivity index (χ0) is 15.9. The molecule has 0 aromatic carbocycles. The number of hydrogen-bond acceptors (Lipinski definition) is 6. The van der Waals surface area contributed by atoms with Crippen LogP contribution in [0.1, 0.15) is 33.6 Å². The molecule has 0 bridgehead atoms. The number of rotatable bonds is 8. The van der Waals surface area contributed by atoms with Crippen molar-refractivity contribution in [3.8, 4) is 0 Å². The summed E-state index contributed by atoms with van der Waals surface area (Å²) >= 11 is 0. The molecule has 0 amide bonds. The SMILES string of the molecule is CCN(CC)CCCC(C)Nc1cc(N)nc2nccnc12.Cl. The van der Waals surface area contributed by atoms with Gasteiger partial charge in [0.2, 0.25) is 0 Å². The Balaban J connectivity index is 0.00000264. The van der Waals surface area contributed by atoms with E-state index in [4.69, 9.17) is 5.73 Å². The number of anilines is 2. The molecule has 23 heavy (non-hydrogen) atoms. The lowest BCUT2D eigenvalue weighted by Crippen LogP contribution is -2.25. The molecule has 7 heteroatoms. The fourth-order valence-electron chi connectivity index (χ4n) is 2.58. The van der Waals surface area contributed by atoms with E-state index in [2.05, 4.69) is 45.9 Å². The standard InChI is InChI=1S/C16H26N6.ClH/c1-4-22(5-2)10-6-7-12(3)20-13-11-14(17)21-16-15(13)18-8-9-19-16;/h8-9,11-12H,4-7,10H2,1-3H3,(H3,17,19,20,21);1H. The smallest absolute Gasteiger partial charge is 0.182 e. The van der Waals surface area contributed by atoms with Crippen LogP contribution in [0.4, 0.5) is 11.5 Å². The summed E-state index contributed by atoms with van der Waals surface area (Å²) in [6.07, 6.45) is 5.57. The molecule has 0 radical (unpaired) electrons. The Morgan fingerprint density at radius 3 is 2.61 bits per heavy atom. The molecule has 128 valence electrons. The van der Waals surface area contributed by atoms with Gasteiger partial charge in [-0.2, -0.15) is 0 Å². The monoisotopic (exact) mass is 338 g/mol. The highest BCUT2D eigenvalue weighted by atomic mass is 35.5. The predicted molar refractivity (Wildman–Crippen MR) is 99.1 cm³/mol. The van der Waals surface area contributed by atoms with E-state index in [0.29, 0.717) is 17.5 Å². The Kier molecular flexibility index (Phi) is 7.98. The fraction of sp³-hybridized carbons (Fsp3) is 0.562. The van der Waals surface area contributed by atoms with Gasteiger partial charge in [-0.15, -0.1) is 12.4 Å². The van der Waals surface area contributed by atoms with Crippen molar-refractivity contribution in [1.82, 2.24) is 19.9 Å². The molecule has 0 aliphatic carbocycles. The molecule has 0 aliphatic rings. The summed E-state index contributed by atoms with van der Waals surface area (Å²) in [4.78, 5) is 15.2. The number of fused-ring (bicyclic) bond motifs is 1. The molecule has 0 saturated heterocycles. The van der Waals surface area contributed by atoms with Crippen LogP contribution in [0.5, 0.6) is 0 Å². The minimum absolute atomic E-state index is 0.